The van der Waals surface area contributed by atoms with Gasteiger partial charge < -0.3 is 9.15 Å². The first-order chi connectivity index (χ1) is 13.2. The summed E-state index contributed by atoms with van der Waals surface area (Å²) in [6, 6.07) is 18.1. The van der Waals surface area contributed by atoms with E-state index in [4.69, 9.17) is 14.3 Å². The number of nitro groups is 1. The van der Waals surface area contributed by atoms with Crippen LogP contribution in [0.1, 0.15) is 35.6 Å². The third kappa shape index (κ3) is 2.55. The van der Waals surface area contributed by atoms with E-state index in [0.717, 1.165) is 28.3 Å². The van der Waals surface area contributed by atoms with Crippen LogP contribution in [0.3, 0.4) is 0 Å². The van der Waals surface area contributed by atoms with Crippen LogP contribution < -0.4 is 4.74 Å². The molecule has 0 N–H and O–H groups in total. The molecule has 7 nitrogen and oxygen atoms in total. The average molecular weight is 361 g/mol. The Balaban J connectivity index is 1.57. The number of non-ortho nitro benzene ring substituents is 1. The summed E-state index contributed by atoms with van der Waals surface area (Å²) in [6.45, 7) is 0. The van der Waals surface area contributed by atoms with Crippen LogP contribution in [0.5, 0.6) is 5.75 Å². The van der Waals surface area contributed by atoms with Crippen LogP contribution in [0, 0.1) is 10.1 Å². The number of rotatable bonds is 3. The van der Waals surface area contributed by atoms with Gasteiger partial charge in [-0.25, -0.2) is 5.01 Å². The predicted molar refractivity (Wildman–Crippen MR) is 97.3 cm³/mol. The Morgan fingerprint density at radius 1 is 1.07 bits per heavy atom. The maximum absolute atomic E-state index is 10.9. The SMILES string of the molecule is O=[N+]([O-])c1ccc([C@@H]2Oc3ccccc3[C@@H]3CC(c4ccco4)=NN32)cc1. The second-order valence-electron chi connectivity index (χ2n) is 6.48. The highest BCUT2D eigenvalue weighted by molar-refractivity contribution is 5.99. The van der Waals surface area contributed by atoms with Crippen LogP contribution in [0.25, 0.3) is 0 Å². The van der Waals surface area contributed by atoms with E-state index in [-0.39, 0.29) is 11.7 Å². The fourth-order valence-electron chi connectivity index (χ4n) is 3.61. The number of furan rings is 1. The van der Waals surface area contributed by atoms with E-state index < -0.39 is 11.2 Å². The number of nitrogens with zero attached hydrogens (tertiary/aromatic N) is 3. The summed E-state index contributed by atoms with van der Waals surface area (Å²) in [5, 5.41) is 17.6. The van der Waals surface area contributed by atoms with Gasteiger partial charge in [0.2, 0.25) is 6.23 Å². The molecule has 5 rings (SSSR count). The first kappa shape index (κ1) is 15.6. The molecule has 3 heterocycles. The summed E-state index contributed by atoms with van der Waals surface area (Å²) >= 11 is 0. The maximum Gasteiger partial charge on any atom is 0.269 e. The van der Waals surface area contributed by atoms with Crippen molar-refractivity contribution in [2.75, 3.05) is 0 Å². The fraction of sp³-hybridized carbons (Fsp3) is 0.150. The summed E-state index contributed by atoms with van der Waals surface area (Å²) in [5.74, 6) is 1.54. The van der Waals surface area contributed by atoms with Gasteiger partial charge in [0.1, 0.15) is 17.2 Å². The molecule has 134 valence electrons. The monoisotopic (exact) mass is 361 g/mol. The Kier molecular flexibility index (Phi) is 3.46. The number of fused-ring (bicyclic) bond motifs is 3. The number of hydrogen-bond acceptors (Lipinski definition) is 6. The van der Waals surface area contributed by atoms with Gasteiger partial charge in [-0.05, 0) is 30.3 Å². The van der Waals surface area contributed by atoms with E-state index >= 15 is 0 Å². The van der Waals surface area contributed by atoms with Crippen molar-refractivity contribution < 1.29 is 14.1 Å². The van der Waals surface area contributed by atoms with Crippen molar-refractivity contribution in [1.29, 1.82) is 0 Å². The predicted octanol–water partition coefficient (Wildman–Crippen LogP) is 4.43. The van der Waals surface area contributed by atoms with Gasteiger partial charge in [0.25, 0.3) is 5.69 Å². The molecule has 0 spiro atoms. The average Bonchev–Trinajstić information content (AvgIpc) is 3.37. The maximum atomic E-state index is 10.9. The molecule has 2 aromatic carbocycles. The van der Waals surface area contributed by atoms with Crippen LogP contribution in [0.15, 0.2) is 76.4 Å². The molecule has 0 amide bonds. The van der Waals surface area contributed by atoms with E-state index in [0.29, 0.717) is 6.42 Å². The third-order valence-corrected chi connectivity index (χ3v) is 4.89. The summed E-state index contributed by atoms with van der Waals surface area (Å²) < 4.78 is 11.7. The van der Waals surface area contributed by atoms with Crippen molar-refractivity contribution in [3.8, 4) is 5.75 Å². The lowest BCUT2D eigenvalue weighted by Gasteiger charge is -2.38. The van der Waals surface area contributed by atoms with Crippen LogP contribution in [0.4, 0.5) is 5.69 Å². The largest absolute Gasteiger partial charge is 0.464 e. The highest BCUT2D eigenvalue weighted by Crippen LogP contribution is 2.47. The van der Waals surface area contributed by atoms with E-state index in [1.54, 1.807) is 18.4 Å². The molecular formula is C20H15N3O4. The molecular weight excluding hydrogens is 346 g/mol. The quantitative estimate of drug-likeness (QED) is 0.509. The molecule has 1 aromatic heterocycles. The standard InChI is InChI=1S/C20H15N3O4/c24-23(25)14-9-7-13(8-10-14)20-22-17(15-4-1-2-5-18(15)27-20)12-16(21-22)19-6-3-11-26-19/h1-11,17,20H,12H2/t17-,20-/m0/s1. The molecule has 2 atom stereocenters. The topological polar surface area (TPSA) is 81.1 Å². The molecule has 0 bridgehead atoms. The van der Waals surface area contributed by atoms with Crippen LogP contribution in [-0.2, 0) is 0 Å². The van der Waals surface area contributed by atoms with Crippen molar-refractivity contribution in [3.05, 3.63) is 93.9 Å². The van der Waals surface area contributed by atoms with E-state index in [1.165, 1.54) is 12.1 Å². The molecule has 2 aliphatic rings. The summed E-state index contributed by atoms with van der Waals surface area (Å²) in [6.07, 6.45) is 1.88. The highest BCUT2D eigenvalue weighted by Gasteiger charge is 2.41. The van der Waals surface area contributed by atoms with Gasteiger partial charge in [0, 0.05) is 29.7 Å². The Morgan fingerprint density at radius 2 is 1.89 bits per heavy atom. The molecule has 2 aliphatic heterocycles. The van der Waals surface area contributed by atoms with Crippen molar-refractivity contribution in [2.24, 2.45) is 5.10 Å². The summed E-state index contributed by atoms with van der Waals surface area (Å²) in [7, 11) is 0. The normalized spacial score (nSPS) is 20.4. The van der Waals surface area contributed by atoms with E-state index in [9.17, 15) is 10.1 Å². The molecule has 0 aliphatic carbocycles. The third-order valence-electron chi connectivity index (χ3n) is 4.89. The Bertz CT molecular complexity index is 1030. The molecule has 7 heteroatoms. The van der Waals surface area contributed by atoms with Gasteiger partial charge in [-0.2, -0.15) is 5.10 Å². The van der Waals surface area contributed by atoms with Gasteiger partial charge in [-0.15, -0.1) is 0 Å². The van der Waals surface area contributed by atoms with Crippen molar-refractivity contribution in [3.63, 3.8) is 0 Å². The Hall–Kier alpha value is -3.61. The molecule has 0 saturated carbocycles. The van der Waals surface area contributed by atoms with Gasteiger partial charge >= 0.3 is 0 Å². The zero-order chi connectivity index (χ0) is 18.4. The minimum absolute atomic E-state index is 0.0234. The van der Waals surface area contributed by atoms with Gasteiger partial charge in [0.15, 0.2) is 0 Å². The minimum atomic E-state index is -0.460. The second-order valence-corrected chi connectivity index (χ2v) is 6.48. The summed E-state index contributed by atoms with van der Waals surface area (Å²) in [5.41, 5.74) is 2.79. The number of hydrogen-bond donors (Lipinski definition) is 0. The van der Waals surface area contributed by atoms with Crippen molar-refractivity contribution in [2.45, 2.75) is 18.7 Å². The number of nitro benzene ring substituents is 1. The molecule has 0 unspecified atom stereocenters. The Labute approximate surface area is 154 Å². The lowest BCUT2D eigenvalue weighted by molar-refractivity contribution is -0.384. The van der Waals surface area contributed by atoms with Crippen LogP contribution >= 0.6 is 0 Å². The second kappa shape index (κ2) is 5.98. The van der Waals surface area contributed by atoms with Crippen LogP contribution in [-0.4, -0.2) is 15.6 Å². The molecule has 0 fully saturated rings. The number of para-hydroxylation sites is 1. The zero-order valence-corrected chi connectivity index (χ0v) is 14.2. The van der Waals surface area contributed by atoms with Gasteiger partial charge in [0.05, 0.1) is 17.2 Å². The van der Waals surface area contributed by atoms with Gasteiger partial charge in [-0.3, -0.25) is 10.1 Å². The highest BCUT2D eigenvalue weighted by atomic mass is 16.6. The molecule has 0 saturated heterocycles. The Morgan fingerprint density at radius 3 is 2.63 bits per heavy atom. The zero-order valence-electron chi connectivity index (χ0n) is 14.2. The van der Waals surface area contributed by atoms with Crippen molar-refractivity contribution >= 4 is 11.4 Å². The first-order valence-electron chi connectivity index (χ1n) is 8.60. The number of benzene rings is 2. The number of ether oxygens (including phenoxy) is 1. The first-order valence-corrected chi connectivity index (χ1v) is 8.60. The molecule has 27 heavy (non-hydrogen) atoms. The summed E-state index contributed by atoms with van der Waals surface area (Å²) in [4.78, 5) is 10.5. The fourth-order valence-corrected chi connectivity index (χ4v) is 3.61. The van der Waals surface area contributed by atoms with E-state index in [1.807, 2.05) is 41.4 Å². The minimum Gasteiger partial charge on any atom is -0.464 e. The van der Waals surface area contributed by atoms with Crippen LogP contribution in [0.2, 0.25) is 0 Å². The van der Waals surface area contributed by atoms with Crippen molar-refractivity contribution in [1.82, 2.24) is 5.01 Å². The van der Waals surface area contributed by atoms with Gasteiger partial charge in [-0.1, -0.05) is 18.2 Å². The lowest BCUT2D eigenvalue weighted by atomic mass is 9.97. The molecule has 0 radical (unpaired) electrons. The number of hydrazone groups is 1. The smallest absolute Gasteiger partial charge is 0.269 e. The lowest BCUT2D eigenvalue weighted by Crippen LogP contribution is -2.33. The molecule has 3 aromatic rings. The van der Waals surface area contributed by atoms with E-state index in [2.05, 4.69) is 0 Å².